The van der Waals surface area contributed by atoms with Gasteiger partial charge in [0.15, 0.2) is 6.10 Å². The number of methoxy groups -OCH3 is 2. The van der Waals surface area contributed by atoms with E-state index in [-0.39, 0.29) is 68.2 Å². The number of epoxide rings is 1. The van der Waals surface area contributed by atoms with Gasteiger partial charge < -0.3 is 64.2 Å². The van der Waals surface area contributed by atoms with E-state index in [0.29, 0.717) is 74.3 Å². The number of nitrogens with zero attached hydrogens (tertiary/aromatic N) is 2. The van der Waals surface area contributed by atoms with Crippen molar-refractivity contribution in [1.29, 1.82) is 0 Å². The van der Waals surface area contributed by atoms with Crippen molar-refractivity contribution >= 4 is 41.6 Å². The van der Waals surface area contributed by atoms with Crippen LogP contribution in [-0.2, 0) is 54.1 Å². The van der Waals surface area contributed by atoms with E-state index < -0.39 is 83.6 Å². The molecular formula is C69H96N5O15+. The van der Waals surface area contributed by atoms with Gasteiger partial charge in [-0.3, -0.25) is 24.1 Å². The second kappa shape index (κ2) is 31.2. The number of cyclic esters (lactones) is 1. The lowest BCUT2D eigenvalue weighted by Crippen LogP contribution is -2.60. The average Bonchev–Trinajstić information content (AvgIpc) is 1.98. The van der Waals surface area contributed by atoms with E-state index >= 15 is 0 Å². The topological polar surface area (TPSA) is 261 Å². The number of piperazine rings is 1. The van der Waals surface area contributed by atoms with Crippen molar-refractivity contribution in [2.75, 3.05) is 58.9 Å². The molecule has 3 aromatic carbocycles. The lowest BCUT2D eigenvalue weighted by atomic mass is 9.88. The largest absolute Gasteiger partial charge is 0.469 e. The zero-order valence-corrected chi connectivity index (χ0v) is 53.8. The number of nitrogens with one attached hydrogen (secondary N) is 3. The highest BCUT2D eigenvalue weighted by Gasteiger charge is 2.48. The van der Waals surface area contributed by atoms with E-state index in [1.807, 2.05) is 89.2 Å². The standard InChI is InChI=1S/C69H95N5O15/c1-12-56(76)46(6)63-57(87-63)40-68(8,83)32-17-19-44(4)62-45(5)25-30-58(69(9,85-11)33-31-50(75)39-60(78)89-62)88-67(82)73-34-37-74(38-35-73,36-18-24-59(77)84-10)41-48-26-28-49(29-27-48)71-64(79)47(7)70-65(80)61(43(2)3)72-66(81)86-42-55-53-22-15-13-20-51(53)52-21-14-16-23-54(52)55/h13-17,19-23,25-30,32,43,45-47,50,55-58,61-63,75-76,83H,12,18,24,31,33-42H2,1-11H3,(H2-,70,71,72,79,80,81)/p+1/b30-25+,32-17+,44-19+/t45-,46?,47?,50+,56?,57+,58-,61?,62+,63+,68?,69+/m0/s1. The van der Waals surface area contributed by atoms with Gasteiger partial charge in [0.25, 0.3) is 0 Å². The minimum absolute atomic E-state index is 0.0531. The molecule has 486 valence electrons. The number of carbonyl (C=O) groups excluding carboxylic acids is 6. The fraction of sp³-hybridized carbons (Fsp3) is 0.565. The van der Waals surface area contributed by atoms with Gasteiger partial charge in [-0.25, -0.2) is 9.59 Å². The van der Waals surface area contributed by atoms with Gasteiger partial charge >= 0.3 is 24.1 Å². The Morgan fingerprint density at radius 3 is 2.19 bits per heavy atom. The zero-order valence-electron chi connectivity index (χ0n) is 53.8. The summed E-state index contributed by atoms with van der Waals surface area (Å²) >= 11 is 0. The number of aliphatic hydroxyl groups excluding tert-OH is 2. The number of carbonyl (C=O) groups is 6. The Hall–Kier alpha value is -6.94. The SMILES string of the molecule is CCC(O)C(C)[C@H]1O[C@@H]1CC(C)(O)/C=C/C=C(\C)[C@H]1OC(=O)C[C@H](O)CC[C@@](C)(OC)[C@@H](OC(=O)N2CC[N+](CCCC(=O)OC)(Cc3ccc(NC(=O)C(C)NC(=O)C(NC(=O)OCC4c5ccccc5-c5ccccc54)C(C)C)cc3)CC2)/C=C/[C@@H]1C. The summed E-state index contributed by atoms with van der Waals surface area (Å²) in [5.74, 6) is -2.85. The molecule has 20 heteroatoms. The summed E-state index contributed by atoms with van der Waals surface area (Å²) in [6.07, 6.45) is 5.77. The highest BCUT2D eigenvalue weighted by molar-refractivity contribution is 5.98. The third kappa shape index (κ3) is 18.8. The number of benzene rings is 3. The van der Waals surface area contributed by atoms with Crippen molar-refractivity contribution in [1.82, 2.24) is 15.5 Å². The van der Waals surface area contributed by atoms with Gasteiger partial charge in [0.1, 0.15) is 36.9 Å². The van der Waals surface area contributed by atoms with Crippen LogP contribution in [0.3, 0.4) is 0 Å². The fourth-order valence-electron chi connectivity index (χ4n) is 12.4. The highest BCUT2D eigenvalue weighted by atomic mass is 16.6. The Kier molecular flexibility index (Phi) is 24.4. The number of anilines is 1. The molecule has 0 saturated carbocycles. The number of hydrogen-bond acceptors (Lipinski definition) is 15. The summed E-state index contributed by atoms with van der Waals surface area (Å²) in [7, 11) is 2.88. The van der Waals surface area contributed by atoms with Crippen LogP contribution in [0.4, 0.5) is 15.3 Å². The van der Waals surface area contributed by atoms with Crippen molar-refractivity contribution in [3.05, 3.63) is 125 Å². The molecular weight excluding hydrogens is 1140 g/mol. The van der Waals surface area contributed by atoms with E-state index in [1.165, 1.54) is 14.2 Å². The molecule has 2 fully saturated rings. The van der Waals surface area contributed by atoms with Gasteiger partial charge in [0, 0.05) is 49.0 Å². The van der Waals surface area contributed by atoms with Crippen LogP contribution in [0.5, 0.6) is 0 Å². The van der Waals surface area contributed by atoms with Gasteiger partial charge in [0.2, 0.25) is 11.8 Å². The summed E-state index contributed by atoms with van der Waals surface area (Å²) in [4.78, 5) is 82.0. The molecule has 3 aliphatic heterocycles. The monoisotopic (exact) mass is 1230 g/mol. The number of esters is 2. The first-order valence-electron chi connectivity index (χ1n) is 31.5. The van der Waals surface area contributed by atoms with Crippen LogP contribution in [0.15, 0.2) is 109 Å². The van der Waals surface area contributed by atoms with Gasteiger partial charge in [-0.05, 0) is 98.9 Å². The molecule has 3 heterocycles. The zero-order chi connectivity index (χ0) is 64.8. The first kappa shape index (κ1) is 69.5. The molecule has 20 nitrogen and oxygen atoms in total. The molecule has 1 aliphatic carbocycles. The van der Waals surface area contributed by atoms with E-state index in [9.17, 15) is 44.1 Å². The molecule has 4 aliphatic rings. The van der Waals surface area contributed by atoms with Crippen LogP contribution in [0, 0.1) is 17.8 Å². The van der Waals surface area contributed by atoms with Crippen LogP contribution in [0.2, 0.25) is 0 Å². The molecule has 4 amide bonds. The number of amides is 4. The number of aliphatic hydroxyl groups is 3. The Labute approximate surface area is 524 Å². The lowest BCUT2D eigenvalue weighted by Gasteiger charge is -2.45. The molecule has 0 bridgehead atoms. The number of rotatable bonds is 24. The minimum Gasteiger partial charge on any atom is -0.469 e. The molecule has 7 rings (SSSR count). The van der Waals surface area contributed by atoms with E-state index in [0.717, 1.165) is 27.8 Å². The molecule has 89 heavy (non-hydrogen) atoms. The van der Waals surface area contributed by atoms with Crippen molar-refractivity contribution < 1.29 is 77.0 Å². The van der Waals surface area contributed by atoms with E-state index in [4.69, 9.17) is 28.4 Å². The van der Waals surface area contributed by atoms with Crippen molar-refractivity contribution in [3.63, 3.8) is 0 Å². The molecule has 3 aromatic rings. The third-order valence-electron chi connectivity index (χ3n) is 18.3. The smallest absolute Gasteiger partial charge is 0.410 e. The average molecular weight is 1240 g/mol. The maximum atomic E-state index is 14.3. The second-order valence-electron chi connectivity index (χ2n) is 25.6. The van der Waals surface area contributed by atoms with Crippen LogP contribution < -0.4 is 16.0 Å². The molecule has 2 saturated heterocycles. The van der Waals surface area contributed by atoms with Crippen LogP contribution in [0.25, 0.3) is 11.1 Å². The fourth-order valence-corrected chi connectivity index (χ4v) is 12.4. The van der Waals surface area contributed by atoms with Gasteiger partial charge in [-0.15, -0.1) is 0 Å². The molecule has 12 atom stereocenters. The summed E-state index contributed by atoms with van der Waals surface area (Å²) < 4.78 is 35.5. The number of hydrogen-bond donors (Lipinski definition) is 6. The van der Waals surface area contributed by atoms with Gasteiger partial charge in [-0.2, -0.15) is 0 Å². The van der Waals surface area contributed by atoms with Crippen molar-refractivity contribution in [3.8, 4) is 11.1 Å². The normalized spacial score (nSPS) is 25.3. The maximum absolute atomic E-state index is 14.3. The molecule has 0 aromatic heterocycles. The Morgan fingerprint density at radius 1 is 0.921 bits per heavy atom. The van der Waals surface area contributed by atoms with Crippen molar-refractivity contribution in [2.24, 2.45) is 17.8 Å². The van der Waals surface area contributed by atoms with Gasteiger partial charge in [-0.1, -0.05) is 120 Å². The number of fused-ring (bicyclic) bond motifs is 3. The summed E-state index contributed by atoms with van der Waals surface area (Å²) in [5, 5.41) is 41.0. The van der Waals surface area contributed by atoms with E-state index in [1.54, 1.807) is 69.0 Å². The summed E-state index contributed by atoms with van der Waals surface area (Å²) in [6.45, 7) is 19.2. The summed E-state index contributed by atoms with van der Waals surface area (Å²) in [5.41, 5.74) is 4.15. The minimum atomic E-state index is -1.22. The van der Waals surface area contributed by atoms with Gasteiger partial charge in [0.05, 0.1) is 82.7 Å². The molecule has 5 unspecified atom stereocenters. The second-order valence-corrected chi connectivity index (χ2v) is 25.6. The first-order chi connectivity index (χ1) is 42.3. The van der Waals surface area contributed by atoms with Crippen molar-refractivity contribution in [2.45, 2.75) is 180 Å². The van der Waals surface area contributed by atoms with Crippen LogP contribution in [-0.4, -0.2) is 174 Å². The number of quaternary nitrogens is 1. The maximum Gasteiger partial charge on any atom is 0.410 e. The van der Waals surface area contributed by atoms with Crippen LogP contribution in [0.1, 0.15) is 130 Å². The first-order valence-corrected chi connectivity index (χ1v) is 31.5. The number of allylic oxidation sites excluding steroid dienone is 2. The Balaban J connectivity index is 0.952. The molecule has 0 radical (unpaired) electrons. The van der Waals surface area contributed by atoms with E-state index in [2.05, 4.69) is 28.1 Å². The Morgan fingerprint density at radius 2 is 1.57 bits per heavy atom. The lowest BCUT2D eigenvalue weighted by molar-refractivity contribution is -0.944. The van der Waals surface area contributed by atoms with Crippen LogP contribution >= 0.6 is 0 Å². The predicted molar refractivity (Wildman–Crippen MR) is 337 cm³/mol. The Bertz CT molecular complexity index is 2960. The predicted octanol–water partition coefficient (Wildman–Crippen LogP) is 8.66. The number of ether oxygens (including phenoxy) is 6. The molecule has 6 N–H and O–H groups in total. The molecule has 0 spiro atoms. The number of alkyl carbamates (subject to hydrolysis) is 1. The summed E-state index contributed by atoms with van der Waals surface area (Å²) in [6, 6.07) is 21.5. The highest BCUT2D eigenvalue weighted by Crippen LogP contribution is 2.45. The quantitative estimate of drug-likeness (QED) is 0.0122. The third-order valence-corrected chi connectivity index (χ3v) is 18.3.